The Morgan fingerprint density at radius 1 is 0.276 bits per heavy atom. The molecule has 58 heavy (non-hydrogen) atoms. The molecular weight excluding hydrogens is 701 g/mol. The maximum absolute atomic E-state index is 2.54. The Morgan fingerprint density at radius 2 is 0.862 bits per heavy atom. The van der Waals surface area contributed by atoms with Crippen LogP contribution >= 0.6 is 0 Å². The largest absolute Gasteiger partial charge is 0.309 e. The van der Waals surface area contributed by atoms with Gasteiger partial charge in [0, 0.05) is 38.2 Å². The molecule has 2 nitrogen and oxygen atoms in total. The summed E-state index contributed by atoms with van der Waals surface area (Å²) in [5.74, 6) is 0. The topological polar surface area (TPSA) is 9.86 Å². The summed E-state index contributed by atoms with van der Waals surface area (Å²) in [5.41, 5.74) is 17.2. The summed E-state index contributed by atoms with van der Waals surface area (Å²) in [5, 5.41) is 10.2. The van der Waals surface area contributed by atoms with Crippen LogP contribution in [0.2, 0.25) is 0 Å². The Bertz CT molecular complexity index is 3670. The third-order valence-electron chi connectivity index (χ3n) is 12.6. The smallest absolute Gasteiger partial charge is 0.0619 e. The average molecular weight is 735 g/mol. The molecule has 12 aromatic rings. The van der Waals surface area contributed by atoms with Gasteiger partial charge in [0.25, 0.3) is 0 Å². The van der Waals surface area contributed by atoms with Gasteiger partial charge in [-0.3, -0.25) is 0 Å². The summed E-state index contributed by atoms with van der Waals surface area (Å²) in [6, 6.07) is 76.3. The number of fused-ring (bicyclic) bond motifs is 11. The molecule has 0 saturated heterocycles. The fourth-order valence-electron chi connectivity index (χ4n) is 10.1. The zero-order valence-electron chi connectivity index (χ0n) is 31.5. The molecule has 0 unspecified atom stereocenters. The van der Waals surface area contributed by atoms with Crippen LogP contribution in [0, 0.1) is 0 Å². The maximum atomic E-state index is 2.54. The highest BCUT2D eigenvalue weighted by Gasteiger charge is 2.23. The molecule has 0 atom stereocenters. The molecule has 268 valence electrons. The van der Waals surface area contributed by atoms with Crippen LogP contribution in [0.25, 0.3) is 121 Å². The monoisotopic (exact) mass is 734 g/mol. The first-order valence-corrected chi connectivity index (χ1v) is 20.1. The first-order chi connectivity index (χ1) is 28.8. The van der Waals surface area contributed by atoms with Gasteiger partial charge in [-0.2, -0.15) is 0 Å². The van der Waals surface area contributed by atoms with E-state index < -0.39 is 0 Å². The third-order valence-corrected chi connectivity index (χ3v) is 12.6. The predicted molar refractivity (Wildman–Crippen MR) is 245 cm³/mol. The molecule has 0 radical (unpaired) electrons. The van der Waals surface area contributed by atoms with Crippen LogP contribution in [-0.2, 0) is 0 Å². The average Bonchev–Trinajstić information content (AvgIpc) is 3.92. The molecule has 0 aliphatic heterocycles. The second-order valence-corrected chi connectivity index (χ2v) is 15.7. The second kappa shape index (κ2) is 11.9. The van der Waals surface area contributed by atoms with Crippen LogP contribution in [-0.4, -0.2) is 9.13 Å². The van der Waals surface area contributed by atoms with E-state index in [4.69, 9.17) is 0 Å². The van der Waals surface area contributed by atoms with Crippen LogP contribution in [0.15, 0.2) is 206 Å². The highest BCUT2D eigenvalue weighted by atomic mass is 15.0. The van der Waals surface area contributed by atoms with E-state index in [1.54, 1.807) is 0 Å². The molecule has 10 aromatic carbocycles. The van der Waals surface area contributed by atoms with Gasteiger partial charge in [-0.15, -0.1) is 0 Å². The molecule has 1 aliphatic carbocycles. The lowest BCUT2D eigenvalue weighted by Crippen LogP contribution is -1.98. The molecule has 0 saturated carbocycles. The van der Waals surface area contributed by atoms with Gasteiger partial charge in [-0.05, 0) is 97.6 Å². The number of hydrogen-bond donors (Lipinski definition) is 0. The number of nitrogens with zero attached hydrogens (tertiary/aromatic N) is 2. The summed E-state index contributed by atoms with van der Waals surface area (Å²) in [7, 11) is 0. The quantitative estimate of drug-likeness (QED) is 0.170. The van der Waals surface area contributed by atoms with E-state index >= 15 is 0 Å². The van der Waals surface area contributed by atoms with Crippen molar-refractivity contribution in [2.24, 2.45) is 0 Å². The van der Waals surface area contributed by atoms with Gasteiger partial charge in [0.05, 0.1) is 27.8 Å². The lowest BCUT2D eigenvalue weighted by Gasteiger charge is -2.16. The van der Waals surface area contributed by atoms with Crippen LogP contribution in [0.3, 0.4) is 0 Å². The minimum absolute atomic E-state index is 1.16. The van der Waals surface area contributed by atoms with Crippen molar-refractivity contribution < 1.29 is 0 Å². The Morgan fingerprint density at radius 3 is 1.69 bits per heavy atom. The number of hydrogen-bond acceptors (Lipinski definition) is 0. The van der Waals surface area contributed by atoms with Crippen molar-refractivity contribution in [3.63, 3.8) is 0 Å². The Hall–Kier alpha value is -7.68. The molecule has 2 heteroatoms. The summed E-state index contributed by atoms with van der Waals surface area (Å²) < 4.78 is 4.94. The summed E-state index contributed by atoms with van der Waals surface area (Å²) in [6.07, 6.45) is 0. The first kappa shape index (κ1) is 31.5. The molecule has 0 amide bonds. The van der Waals surface area contributed by atoms with Gasteiger partial charge < -0.3 is 9.13 Å². The summed E-state index contributed by atoms with van der Waals surface area (Å²) >= 11 is 0. The number of aromatic nitrogens is 2. The Labute approximate surface area is 335 Å². The van der Waals surface area contributed by atoms with Gasteiger partial charge in [0.1, 0.15) is 0 Å². The van der Waals surface area contributed by atoms with E-state index in [1.165, 1.54) is 115 Å². The van der Waals surface area contributed by atoms with Gasteiger partial charge in [0.15, 0.2) is 0 Å². The molecule has 1 aliphatic rings. The van der Waals surface area contributed by atoms with Crippen molar-refractivity contribution in [2.75, 3.05) is 0 Å². The standard InChI is InChI=1S/C56H34N2/c1-2-15-40(16-3-1)57-52-23-9-7-19-44(52)45-29-25-37(33-53(45)57)38-26-30-46-49-31-24-35-12-4-5-18-42(35)56(49)58(54(46)34-38)51-22-8-6-17-41(51)39-27-28-43-47-20-10-13-36-14-11-21-48(55(36)47)50(43)32-39/h1-34H. The lowest BCUT2D eigenvalue weighted by atomic mass is 9.96. The van der Waals surface area contributed by atoms with E-state index in [-0.39, 0.29) is 0 Å². The Kier molecular flexibility index (Phi) is 6.47. The molecule has 2 heterocycles. The van der Waals surface area contributed by atoms with Gasteiger partial charge in [0.2, 0.25) is 0 Å². The summed E-state index contributed by atoms with van der Waals surface area (Å²) in [6.45, 7) is 0. The highest BCUT2D eigenvalue weighted by molar-refractivity contribution is 6.20. The molecular formula is C56H34N2. The van der Waals surface area contributed by atoms with Crippen molar-refractivity contribution in [1.82, 2.24) is 9.13 Å². The van der Waals surface area contributed by atoms with Crippen molar-refractivity contribution >= 4 is 65.2 Å². The highest BCUT2D eigenvalue weighted by Crippen LogP contribution is 2.49. The molecule has 2 aromatic heterocycles. The van der Waals surface area contributed by atoms with Crippen molar-refractivity contribution in [1.29, 1.82) is 0 Å². The predicted octanol–water partition coefficient (Wildman–Crippen LogP) is 15.2. The lowest BCUT2D eigenvalue weighted by molar-refractivity contribution is 1.18. The zero-order valence-corrected chi connectivity index (χ0v) is 31.5. The van der Waals surface area contributed by atoms with Gasteiger partial charge in [-0.25, -0.2) is 0 Å². The van der Waals surface area contributed by atoms with Crippen LogP contribution < -0.4 is 0 Å². The van der Waals surface area contributed by atoms with E-state index in [0.717, 1.165) is 5.69 Å². The number of benzene rings is 10. The van der Waals surface area contributed by atoms with E-state index in [0.29, 0.717) is 0 Å². The van der Waals surface area contributed by atoms with Crippen molar-refractivity contribution in [3.05, 3.63) is 206 Å². The molecule has 0 N–H and O–H groups in total. The maximum Gasteiger partial charge on any atom is 0.0619 e. The van der Waals surface area contributed by atoms with Crippen LogP contribution in [0.4, 0.5) is 0 Å². The van der Waals surface area contributed by atoms with Crippen LogP contribution in [0.1, 0.15) is 0 Å². The molecule has 13 rings (SSSR count). The molecule has 0 fully saturated rings. The number of para-hydroxylation sites is 3. The minimum atomic E-state index is 1.16. The SMILES string of the molecule is c1ccc(-n2c3ccccc3c3ccc(-c4ccc5c6ccc7ccccc7c6n(-c6ccccc6-c6ccc7c(c6)-c6cccc8cccc-7c68)c5c4)cc32)cc1. The fourth-order valence-corrected chi connectivity index (χ4v) is 10.1. The Balaban J connectivity index is 1.06. The minimum Gasteiger partial charge on any atom is -0.309 e. The molecule has 0 spiro atoms. The third kappa shape index (κ3) is 4.37. The number of rotatable bonds is 4. The normalized spacial score (nSPS) is 12.1. The van der Waals surface area contributed by atoms with E-state index in [2.05, 4.69) is 215 Å². The zero-order chi connectivity index (χ0) is 37.9. The van der Waals surface area contributed by atoms with Crippen LogP contribution in [0.5, 0.6) is 0 Å². The second-order valence-electron chi connectivity index (χ2n) is 15.7. The molecule has 0 bridgehead atoms. The summed E-state index contributed by atoms with van der Waals surface area (Å²) in [4.78, 5) is 0. The van der Waals surface area contributed by atoms with Gasteiger partial charge >= 0.3 is 0 Å². The van der Waals surface area contributed by atoms with Gasteiger partial charge in [-0.1, -0.05) is 164 Å². The van der Waals surface area contributed by atoms with E-state index in [1.807, 2.05) is 0 Å². The van der Waals surface area contributed by atoms with E-state index in [9.17, 15) is 0 Å². The fraction of sp³-hybridized carbons (Fsp3) is 0. The van der Waals surface area contributed by atoms with Crippen molar-refractivity contribution in [3.8, 4) is 55.9 Å². The van der Waals surface area contributed by atoms with Crippen molar-refractivity contribution in [2.45, 2.75) is 0 Å². The first-order valence-electron chi connectivity index (χ1n) is 20.1.